The number of carbonyl (C=O) groups excluding carboxylic acids is 2. The van der Waals surface area contributed by atoms with Crippen molar-refractivity contribution in [1.29, 1.82) is 0 Å². The molecule has 0 bridgehead atoms. The van der Waals surface area contributed by atoms with E-state index >= 15 is 0 Å². The summed E-state index contributed by atoms with van der Waals surface area (Å²) in [7, 11) is 1.47. The van der Waals surface area contributed by atoms with E-state index in [0.29, 0.717) is 16.3 Å². The van der Waals surface area contributed by atoms with E-state index in [4.69, 9.17) is 20.9 Å². The molecule has 0 aliphatic rings. The minimum atomic E-state index is -0.628. The van der Waals surface area contributed by atoms with Crippen molar-refractivity contribution in [2.75, 3.05) is 20.2 Å². The Morgan fingerprint density at radius 3 is 2.81 bits per heavy atom. The van der Waals surface area contributed by atoms with E-state index in [1.54, 1.807) is 18.2 Å². The zero-order chi connectivity index (χ0) is 22.4. The largest absolute Gasteiger partial charge is 0.496 e. The molecule has 0 spiro atoms. The summed E-state index contributed by atoms with van der Waals surface area (Å²) in [6, 6.07) is 4.86. The lowest BCUT2D eigenvalue weighted by Crippen LogP contribution is -2.36. The molecule has 3 rings (SSSR count). The topological polar surface area (TPSA) is 167 Å². The highest BCUT2D eigenvalue weighted by Crippen LogP contribution is 2.30. The Bertz CT molecular complexity index is 1110. The highest BCUT2D eigenvalue weighted by atomic mass is 35.5. The van der Waals surface area contributed by atoms with Gasteiger partial charge in [0.15, 0.2) is 0 Å². The van der Waals surface area contributed by atoms with Crippen molar-refractivity contribution in [2.45, 2.75) is 6.54 Å². The summed E-state index contributed by atoms with van der Waals surface area (Å²) in [5.41, 5.74) is 0.248. The van der Waals surface area contributed by atoms with Gasteiger partial charge < -0.3 is 19.9 Å². The monoisotopic (exact) mass is 449 g/mol. The van der Waals surface area contributed by atoms with E-state index in [2.05, 4.69) is 25.9 Å². The van der Waals surface area contributed by atoms with Gasteiger partial charge in [0.05, 0.1) is 17.6 Å². The molecule has 1 aromatic carbocycles. The van der Waals surface area contributed by atoms with Crippen LogP contribution in [0.15, 0.2) is 35.1 Å². The normalized spacial score (nSPS) is 10.5. The SMILES string of the molecule is COc1ccc(Cl)cc1-c1noc(C(=O)NCCNC(=O)Cn2cc([N+](=O)[O-])cn2)n1. The van der Waals surface area contributed by atoms with Gasteiger partial charge in [0.1, 0.15) is 24.7 Å². The molecule has 2 heterocycles. The standard InChI is InChI=1S/C17H16ClN7O6/c1-30-13-3-2-10(18)6-12(13)15-22-17(31-23-15)16(27)20-5-4-19-14(26)9-24-8-11(7-21-24)25(28)29/h2-3,6-8H,4-5,9H2,1H3,(H,19,26)(H,20,27). The number of amides is 2. The van der Waals surface area contributed by atoms with Gasteiger partial charge >= 0.3 is 17.5 Å². The van der Waals surface area contributed by atoms with Crippen molar-refractivity contribution in [3.8, 4) is 17.1 Å². The number of benzene rings is 1. The van der Waals surface area contributed by atoms with Crippen LogP contribution in [0.25, 0.3) is 11.4 Å². The zero-order valence-corrected chi connectivity index (χ0v) is 16.8. The number of carbonyl (C=O) groups is 2. The van der Waals surface area contributed by atoms with Crippen LogP contribution in [-0.2, 0) is 11.3 Å². The van der Waals surface area contributed by atoms with Crippen molar-refractivity contribution in [3.63, 3.8) is 0 Å². The Morgan fingerprint density at radius 1 is 1.32 bits per heavy atom. The number of hydrogen-bond donors (Lipinski definition) is 2. The minimum Gasteiger partial charge on any atom is -0.496 e. The van der Waals surface area contributed by atoms with Gasteiger partial charge in [-0.3, -0.25) is 24.4 Å². The first-order chi connectivity index (χ1) is 14.9. The number of aromatic nitrogens is 4. The Morgan fingerprint density at radius 2 is 2.10 bits per heavy atom. The molecule has 0 aliphatic heterocycles. The Hall–Kier alpha value is -4.00. The Labute approximate surface area is 179 Å². The molecule has 0 fully saturated rings. The molecule has 0 saturated carbocycles. The van der Waals surface area contributed by atoms with Crippen LogP contribution in [0.5, 0.6) is 5.75 Å². The first-order valence-corrected chi connectivity index (χ1v) is 9.14. The maximum atomic E-state index is 12.2. The fourth-order valence-corrected chi connectivity index (χ4v) is 2.64. The molecule has 2 aromatic heterocycles. The predicted octanol–water partition coefficient (Wildman–Crippen LogP) is 1.05. The molecule has 0 radical (unpaired) electrons. The van der Waals surface area contributed by atoms with Gasteiger partial charge in [0.25, 0.3) is 0 Å². The van der Waals surface area contributed by atoms with Crippen molar-refractivity contribution in [2.24, 2.45) is 0 Å². The molecule has 14 heteroatoms. The number of nitrogens with zero attached hydrogens (tertiary/aromatic N) is 5. The van der Waals surface area contributed by atoms with Gasteiger partial charge in [-0.2, -0.15) is 10.1 Å². The maximum Gasteiger partial charge on any atom is 0.316 e. The van der Waals surface area contributed by atoms with Gasteiger partial charge in [-0.1, -0.05) is 16.8 Å². The van der Waals surface area contributed by atoms with Gasteiger partial charge in [0.2, 0.25) is 11.7 Å². The number of rotatable bonds is 9. The van der Waals surface area contributed by atoms with E-state index in [-0.39, 0.29) is 37.0 Å². The summed E-state index contributed by atoms with van der Waals surface area (Å²) in [6.07, 6.45) is 2.19. The second kappa shape index (κ2) is 9.67. The molecule has 2 N–H and O–H groups in total. The molecule has 13 nitrogen and oxygen atoms in total. The molecule has 3 aromatic rings. The Balaban J connectivity index is 1.48. The lowest BCUT2D eigenvalue weighted by Gasteiger charge is -2.05. The van der Waals surface area contributed by atoms with E-state index in [0.717, 1.165) is 17.1 Å². The molecular weight excluding hydrogens is 434 g/mol. The highest BCUT2D eigenvalue weighted by Gasteiger charge is 2.18. The molecule has 0 atom stereocenters. The fraction of sp³-hybridized carbons (Fsp3) is 0.235. The van der Waals surface area contributed by atoms with Gasteiger partial charge in [-0.05, 0) is 18.2 Å². The number of methoxy groups -OCH3 is 1. The third kappa shape index (κ3) is 5.54. The van der Waals surface area contributed by atoms with Crippen molar-refractivity contribution in [1.82, 2.24) is 30.6 Å². The quantitative estimate of drug-likeness (QED) is 0.275. The van der Waals surface area contributed by atoms with Crippen LogP contribution < -0.4 is 15.4 Å². The molecule has 0 saturated heterocycles. The van der Waals surface area contributed by atoms with Crippen LogP contribution >= 0.6 is 11.6 Å². The van der Waals surface area contributed by atoms with E-state index in [1.165, 1.54) is 7.11 Å². The Kier molecular flexibility index (Phi) is 6.77. The smallest absolute Gasteiger partial charge is 0.316 e. The van der Waals surface area contributed by atoms with E-state index in [9.17, 15) is 19.7 Å². The number of halogens is 1. The predicted molar refractivity (Wildman–Crippen MR) is 106 cm³/mol. The number of nitro groups is 1. The van der Waals surface area contributed by atoms with Crippen LogP contribution in [0.4, 0.5) is 5.69 Å². The van der Waals surface area contributed by atoms with Crippen LogP contribution in [0, 0.1) is 10.1 Å². The third-order valence-electron chi connectivity index (χ3n) is 3.89. The van der Waals surface area contributed by atoms with Crippen LogP contribution in [0.2, 0.25) is 5.02 Å². The first kappa shape index (κ1) is 21.7. The number of nitrogens with one attached hydrogen (secondary N) is 2. The highest BCUT2D eigenvalue weighted by molar-refractivity contribution is 6.30. The average molecular weight is 450 g/mol. The summed E-state index contributed by atoms with van der Waals surface area (Å²) in [5.74, 6) is -0.738. The van der Waals surface area contributed by atoms with E-state index in [1.807, 2.05) is 0 Å². The summed E-state index contributed by atoms with van der Waals surface area (Å²) >= 11 is 5.98. The second-order valence-corrected chi connectivity index (χ2v) is 6.46. The average Bonchev–Trinajstić information content (AvgIpc) is 3.41. The van der Waals surface area contributed by atoms with Crippen LogP contribution in [0.1, 0.15) is 10.7 Å². The van der Waals surface area contributed by atoms with Crippen molar-refractivity contribution >= 4 is 29.1 Å². The summed E-state index contributed by atoms with van der Waals surface area (Å²) in [4.78, 5) is 38.0. The molecular formula is C17H16ClN7O6. The number of ether oxygens (including phenoxy) is 1. The minimum absolute atomic E-state index is 0.0853. The maximum absolute atomic E-state index is 12.2. The molecule has 2 amide bonds. The van der Waals surface area contributed by atoms with E-state index < -0.39 is 16.7 Å². The van der Waals surface area contributed by atoms with Crippen molar-refractivity contribution in [3.05, 3.63) is 51.6 Å². The lowest BCUT2D eigenvalue weighted by atomic mass is 10.2. The summed E-state index contributed by atoms with van der Waals surface area (Å²) < 4.78 is 11.3. The lowest BCUT2D eigenvalue weighted by molar-refractivity contribution is -0.385. The fourth-order valence-electron chi connectivity index (χ4n) is 2.47. The first-order valence-electron chi connectivity index (χ1n) is 8.76. The second-order valence-electron chi connectivity index (χ2n) is 6.03. The third-order valence-corrected chi connectivity index (χ3v) is 4.13. The molecule has 31 heavy (non-hydrogen) atoms. The van der Waals surface area contributed by atoms with Gasteiger partial charge in [0, 0.05) is 18.1 Å². The van der Waals surface area contributed by atoms with Crippen molar-refractivity contribution < 1.29 is 23.8 Å². The van der Waals surface area contributed by atoms with Crippen LogP contribution in [-0.4, -0.2) is 56.9 Å². The zero-order valence-electron chi connectivity index (χ0n) is 16.1. The summed E-state index contributed by atoms with van der Waals surface area (Å²) in [6.45, 7) is -0.00462. The van der Waals surface area contributed by atoms with Gasteiger partial charge in [-0.25, -0.2) is 0 Å². The molecule has 162 valence electrons. The molecule has 0 unspecified atom stereocenters. The summed E-state index contributed by atoms with van der Waals surface area (Å²) in [5, 5.41) is 23.6. The van der Waals surface area contributed by atoms with Gasteiger partial charge in [-0.15, -0.1) is 0 Å². The molecule has 0 aliphatic carbocycles. The van der Waals surface area contributed by atoms with Crippen LogP contribution in [0.3, 0.4) is 0 Å². The number of hydrogen-bond acceptors (Lipinski definition) is 9.